The van der Waals surface area contributed by atoms with E-state index in [1.807, 2.05) is 30.3 Å². The molecule has 4 heteroatoms. The first-order chi connectivity index (χ1) is 12.2. The van der Waals surface area contributed by atoms with Gasteiger partial charge in [0.2, 0.25) is 0 Å². The third-order valence-electron chi connectivity index (χ3n) is 4.46. The fourth-order valence-electron chi connectivity index (χ4n) is 3.37. The van der Waals surface area contributed by atoms with E-state index in [4.69, 9.17) is 4.74 Å². The monoisotopic (exact) mass is 339 g/mol. The minimum atomic E-state index is -0.558. The number of aromatic nitrogens is 2. The predicted molar refractivity (Wildman–Crippen MR) is 99.7 cm³/mol. The van der Waals surface area contributed by atoms with E-state index in [1.165, 1.54) is 16.9 Å². The van der Waals surface area contributed by atoms with Crippen molar-refractivity contribution in [3.8, 4) is 5.75 Å². The van der Waals surface area contributed by atoms with E-state index in [2.05, 4.69) is 47.2 Å². The number of aryl methyl sites for hydroxylation is 1. The van der Waals surface area contributed by atoms with Crippen LogP contribution < -0.4 is 9.30 Å². The molecule has 1 N–H and O–H groups in total. The molecule has 1 atom stereocenters. The molecule has 0 radical (unpaired) electrons. The molecule has 0 aliphatic heterocycles. The van der Waals surface area contributed by atoms with Crippen molar-refractivity contribution in [2.75, 3.05) is 6.61 Å². The molecule has 0 aliphatic rings. The molecule has 0 amide bonds. The number of aliphatic hydroxyl groups excluding tert-OH is 1. The second-order valence-corrected chi connectivity index (χ2v) is 6.29. The molecule has 3 rings (SSSR count). The van der Waals surface area contributed by atoms with Crippen LogP contribution in [-0.4, -0.2) is 22.4 Å². The Morgan fingerprint density at radius 1 is 1.04 bits per heavy atom. The van der Waals surface area contributed by atoms with Gasteiger partial charge >= 0.3 is 0 Å². The lowest BCUT2D eigenvalue weighted by Crippen LogP contribution is -2.45. The summed E-state index contributed by atoms with van der Waals surface area (Å²) in [7, 11) is 0. The van der Waals surface area contributed by atoms with Gasteiger partial charge < -0.3 is 9.84 Å². The molecular weight excluding hydrogens is 312 g/mol. The Bertz CT molecular complexity index is 811. The standard InChI is InChI=1S/C21H27N2O2/c1-3-10-21-22(4-2)19-13-8-9-14-20(19)23(21)15-17(24)16-25-18-11-6-5-7-12-18/h5-9,11-14,17,24H,3-4,10,15-16H2,1-2H3/q+1. The summed E-state index contributed by atoms with van der Waals surface area (Å²) in [6.07, 6.45) is 1.51. The van der Waals surface area contributed by atoms with Crippen LogP contribution in [0.2, 0.25) is 0 Å². The second-order valence-electron chi connectivity index (χ2n) is 6.29. The first-order valence-electron chi connectivity index (χ1n) is 9.10. The number of para-hydroxylation sites is 3. The molecule has 4 nitrogen and oxygen atoms in total. The van der Waals surface area contributed by atoms with Gasteiger partial charge in [-0.15, -0.1) is 0 Å². The van der Waals surface area contributed by atoms with Crippen molar-refractivity contribution in [3.63, 3.8) is 0 Å². The normalized spacial score (nSPS) is 12.4. The summed E-state index contributed by atoms with van der Waals surface area (Å²) in [6, 6.07) is 18.1. The number of ether oxygens (including phenoxy) is 1. The molecule has 0 spiro atoms. The quantitative estimate of drug-likeness (QED) is 0.639. The van der Waals surface area contributed by atoms with Crippen LogP contribution in [0.4, 0.5) is 0 Å². The minimum absolute atomic E-state index is 0.286. The highest BCUT2D eigenvalue weighted by atomic mass is 16.5. The first kappa shape index (κ1) is 17.5. The predicted octanol–water partition coefficient (Wildman–Crippen LogP) is 3.34. The van der Waals surface area contributed by atoms with Crippen LogP contribution in [0.15, 0.2) is 54.6 Å². The minimum Gasteiger partial charge on any atom is -0.491 e. The van der Waals surface area contributed by atoms with Crippen LogP contribution in [-0.2, 0) is 19.5 Å². The van der Waals surface area contributed by atoms with Crippen LogP contribution in [0.5, 0.6) is 5.75 Å². The van der Waals surface area contributed by atoms with Crippen LogP contribution in [0, 0.1) is 0 Å². The van der Waals surface area contributed by atoms with E-state index in [0.717, 1.165) is 25.1 Å². The zero-order valence-corrected chi connectivity index (χ0v) is 15.1. The Hall–Kier alpha value is -2.33. The highest BCUT2D eigenvalue weighted by Gasteiger charge is 2.25. The van der Waals surface area contributed by atoms with Gasteiger partial charge in [0, 0.05) is 6.42 Å². The largest absolute Gasteiger partial charge is 0.491 e. The zero-order chi connectivity index (χ0) is 17.6. The topological polar surface area (TPSA) is 38.3 Å². The number of aliphatic hydroxyl groups is 1. The maximum absolute atomic E-state index is 10.5. The summed E-state index contributed by atoms with van der Waals surface area (Å²) in [6.45, 7) is 6.12. The summed E-state index contributed by atoms with van der Waals surface area (Å²) >= 11 is 0. The number of hydrogen-bond donors (Lipinski definition) is 1. The van der Waals surface area contributed by atoms with Crippen LogP contribution >= 0.6 is 0 Å². The van der Waals surface area contributed by atoms with Crippen molar-refractivity contribution in [2.45, 2.75) is 45.9 Å². The van der Waals surface area contributed by atoms with Crippen molar-refractivity contribution in [1.82, 2.24) is 4.57 Å². The summed E-state index contributed by atoms with van der Waals surface area (Å²) < 4.78 is 10.3. The average molecular weight is 339 g/mol. The molecule has 132 valence electrons. The molecule has 3 aromatic rings. The van der Waals surface area contributed by atoms with E-state index in [1.54, 1.807) is 0 Å². The van der Waals surface area contributed by atoms with Crippen molar-refractivity contribution < 1.29 is 14.4 Å². The molecule has 25 heavy (non-hydrogen) atoms. The number of fused-ring (bicyclic) bond motifs is 1. The van der Waals surface area contributed by atoms with E-state index in [0.29, 0.717) is 6.54 Å². The van der Waals surface area contributed by atoms with Crippen molar-refractivity contribution in [1.29, 1.82) is 0 Å². The molecule has 2 aromatic carbocycles. The summed E-state index contributed by atoms with van der Waals surface area (Å²) in [5, 5.41) is 10.5. The molecule has 0 saturated carbocycles. The van der Waals surface area contributed by atoms with E-state index in [9.17, 15) is 5.11 Å². The third kappa shape index (κ3) is 3.85. The molecule has 1 heterocycles. The van der Waals surface area contributed by atoms with Crippen molar-refractivity contribution in [3.05, 3.63) is 60.4 Å². The van der Waals surface area contributed by atoms with E-state index in [-0.39, 0.29) is 6.61 Å². The SMILES string of the molecule is CCCc1n(CC)c2ccccc2[n+]1CC(O)COc1ccccc1. The average Bonchev–Trinajstić information content (AvgIpc) is 2.94. The first-order valence-corrected chi connectivity index (χ1v) is 9.10. The van der Waals surface area contributed by atoms with Crippen LogP contribution in [0.1, 0.15) is 26.1 Å². The Kier molecular flexibility index (Phi) is 5.71. The molecular formula is C21H27N2O2+. The van der Waals surface area contributed by atoms with Gasteiger partial charge in [-0.05, 0) is 37.6 Å². The fraction of sp³-hybridized carbons (Fsp3) is 0.381. The third-order valence-corrected chi connectivity index (χ3v) is 4.46. The molecule has 0 saturated heterocycles. The van der Waals surface area contributed by atoms with Gasteiger partial charge in [-0.2, -0.15) is 0 Å². The van der Waals surface area contributed by atoms with Gasteiger partial charge in [0.05, 0.1) is 6.54 Å². The van der Waals surface area contributed by atoms with E-state index >= 15 is 0 Å². The number of hydrogen-bond acceptors (Lipinski definition) is 2. The maximum Gasteiger partial charge on any atom is 0.257 e. The summed E-state index contributed by atoms with van der Waals surface area (Å²) in [5.41, 5.74) is 2.40. The summed E-state index contributed by atoms with van der Waals surface area (Å²) in [4.78, 5) is 0. The molecule has 0 aliphatic carbocycles. The Labute approximate surface area is 149 Å². The Balaban J connectivity index is 1.83. The van der Waals surface area contributed by atoms with Gasteiger partial charge in [-0.3, -0.25) is 0 Å². The smallest absolute Gasteiger partial charge is 0.257 e. The number of nitrogens with zero attached hydrogens (tertiary/aromatic N) is 2. The highest BCUT2D eigenvalue weighted by Crippen LogP contribution is 2.16. The van der Waals surface area contributed by atoms with Gasteiger partial charge in [0.1, 0.15) is 25.0 Å². The van der Waals surface area contributed by atoms with Gasteiger partial charge in [-0.1, -0.05) is 37.3 Å². The van der Waals surface area contributed by atoms with Gasteiger partial charge in [-0.25, -0.2) is 9.13 Å². The van der Waals surface area contributed by atoms with Crippen LogP contribution in [0.3, 0.4) is 0 Å². The lowest BCUT2D eigenvalue weighted by atomic mass is 10.3. The van der Waals surface area contributed by atoms with E-state index < -0.39 is 6.10 Å². The Morgan fingerprint density at radius 3 is 2.48 bits per heavy atom. The van der Waals surface area contributed by atoms with Gasteiger partial charge in [0.15, 0.2) is 11.0 Å². The Morgan fingerprint density at radius 2 is 1.76 bits per heavy atom. The second kappa shape index (κ2) is 8.17. The fourth-order valence-corrected chi connectivity index (χ4v) is 3.37. The lowest BCUT2D eigenvalue weighted by molar-refractivity contribution is -0.687. The number of rotatable bonds is 8. The summed E-state index contributed by atoms with van der Waals surface area (Å²) in [5.74, 6) is 2.06. The molecule has 1 aromatic heterocycles. The van der Waals surface area contributed by atoms with Gasteiger partial charge in [0.25, 0.3) is 5.82 Å². The number of imidazole rings is 1. The van der Waals surface area contributed by atoms with Crippen molar-refractivity contribution >= 4 is 11.0 Å². The maximum atomic E-state index is 10.5. The number of benzene rings is 2. The zero-order valence-electron chi connectivity index (χ0n) is 15.1. The highest BCUT2D eigenvalue weighted by molar-refractivity contribution is 5.72. The van der Waals surface area contributed by atoms with Crippen molar-refractivity contribution in [2.24, 2.45) is 0 Å². The lowest BCUT2D eigenvalue weighted by Gasteiger charge is -2.12. The van der Waals surface area contributed by atoms with Crippen LogP contribution in [0.25, 0.3) is 11.0 Å². The molecule has 1 unspecified atom stereocenters. The molecule has 0 fully saturated rings. The molecule has 0 bridgehead atoms.